The standard InChI is InChI=1S/C11H15N5O/c1-11(2,8-17)12-10-13-14-15-16(10)9-6-4-3-5-7-9/h3-7,17H,8H2,1-2H3,(H,12,13,15). The van der Waals surface area contributed by atoms with Gasteiger partial charge in [0.2, 0.25) is 5.95 Å². The molecule has 0 saturated heterocycles. The Hall–Kier alpha value is -1.95. The number of aliphatic hydroxyl groups is 1. The first-order valence-corrected chi connectivity index (χ1v) is 5.35. The minimum Gasteiger partial charge on any atom is -0.394 e. The van der Waals surface area contributed by atoms with Crippen molar-refractivity contribution in [2.45, 2.75) is 19.4 Å². The number of aromatic nitrogens is 4. The smallest absolute Gasteiger partial charge is 0.248 e. The predicted molar refractivity (Wildman–Crippen MR) is 63.9 cm³/mol. The van der Waals surface area contributed by atoms with Crippen molar-refractivity contribution >= 4 is 5.95 Å². The molecule has 1 aromatic carbocycles. The van der Waals surface area contributed by atoms with Gasteiger partial charge in [-0.1, -0.05) is 23.3 Å². The molecule has 0 aliphatic heterocycles. The van der Waals surface area contributed by atoms with Crippen LogP contribution in [0.15, 0.2) is 30.3 Å². The summed E-state index contributed by atoms with van der Waals surface area (Å²) in [4.78, 5) is 0. The number of rotatable bonds is 4. The lowest BCUT2D eigenvalue weighted by Crippen LogP contribution is -2.36. The fourth-order valence-corrected chi connectivity index (χ4v) is 1.35. The Morgan fingerprint density at radius 1 is 1.29 bits per heavy atom. The maximum atomic E-state index is 9.21. The SMILES string of the molecule is CC(C)(CO)Nc1nnnn1-c1ccccc1. The number of aliphatic hydroxyl groups excluding tert-OH is 1. The van der Waals surface area contributed by atoms with Gasteiger partial charge in [-0.25, -0.2) is 0 Å². The van der Waals surface area contributed by atoms with Crippen molar-refractivity contribution in [2.75, 3.05) is 11.9 Å². The van der Waals surface area contributed by atoms with Gasteiger partial charge in [-0.3, -0.25) is 0 Å². The van der Waals surface area contributed by atoms with Crippen LogP contribution in [0.4, 0.5) is 5.95 Å². The molecule has 0 unspecified atom stereocenters. The molecule has 0 fully saturated rings. The van der Waals surface area contributed by atoms with E-state index >= 15 is 0 Å². The van der Waals surface area contributed by atoms with Crippen LogP contribution in [0.5, 0.6) is 0 Å². The Bertz CT molecular complexity index is 480. The lowest BCUT2D eigenvalue weighted by Gasteiger charge is -2.23. The number of para-hydroxylation sites is 1. The normalized spacial score (nSPS) is 11.5. The quantitative estimate of drug-likeness (QED) is 0.818. The van der Waals surface area contributed by atoms with E-state index in [0.29, 0.717) is 5.95 Å². The Kier molecular flexibility index (Phi) is 3.06. The Balaban J connectivity index is 2.30. The van der Waals surface area contributed by atoms with Crippen molar-refractivity contribution < 1.29 is 5.11 Å². The summed E-state index contributed by atoms with van der Waals surface area (Å²) in [6.07, 6.45) is 0. The molecular formula is C11H15N5O. The summed E-state index contributed by atoms with van der Waals surface area (Å²) in [5.41, 5.74) is 0.398. The van der Waals surface area contributed by atoms with Crippen molar-refractivity contribution in [1.29, 1.82) is 0 Å². The first kappa shape index (κ1) is 11.5. The van der Waals surface area contributed by atoms with E-state index in [2.05, 4.69) is 20.8 Å². The largest absolute Gasteiger partial charge is 0.394 e. The van der Waals surface area contributed by atoms with Gasteiger partial charge in [0.15, 0.2) is 0 Å². The van der Waals surface area contributed by atoms with Gasteiger partial charge in [-0.05, 0) is 36.4 Å². The summed E-state index contributed by atoms with van der Waals surface area (Å²) < 4.78 is 1.59. The van der Waals surface area contributed by atoms with Crippen molar-refractivity contribution in [2.24, 2.45) is 0 Å². The van der Waals surface area contributed by atoms with E-state index in [1.54, 1.807) is 4.68 Å². The molecule has 2 N–H and O–H groups in total. The van der Waals surface area contributed by atoms with Gasteiger partial charge in [0.05, 0.1) is 17.8 Å². The Morgan fingerprint density at radius 2 is 2.00 bits per heavy atom. The molecule has 2 rings (SSSR count). The lowest BCUT2D eigenvalue weighted by molar-refractivity contribution is 0.233. The van der Waals surface area contributed by atoms with Crippen LogP contribution in [0.2, 0.25) is 0 Å². The second-order valence-electron chi connectivity index (χ2n) is 4.42. The van der Waals surface area contributed by atoms with Crippen LogP contribution in [-0.2, 0) is 0 Å². The first-order valence-electron chi connectivity index (χ1n) is 5.35. The second kappa shape index (κ2) is 4.50. The van der Waals surface area contributed by atoms with Gasteiger partial charge in [-0.2, -0.15) is 4.68 Å². The molecule has 0 spiro atoms. The van der Waals surface area contributed by atoms with Crippen molar-refractivity contribution in [3.63, 3.8) is 0 Å². The lowest BCUT2D eigenvalue weighted by atomic mass is 10.1. The van der Waals surface area contributed by atoms with Crippen LogP contribution >= 0.6 is 0 Å². The highest BCUT2D eigenvalue weighted by Crippen LogP contribution is 2.15. The highest BCUT2D eigenvalue weighted by atomic mass is 16.3. The number of tetrazole rings is 1. The summed E-state index contributed by atoms with van der Waals surface area (Å²) in [7, 11) is 0. The zero-order valence-corrected chi connectivity index (χ0v) is 9.83. The van der Waals surface area contributed by atoms with Crippen LogP contribution in [-0.4, -0.2) is 37.5 Å². The van der Waals surface area contributed by atoms with E-state index in [0.717, 1.165) is 5.69 Å². The third-order valence-electron chi connectivity index (χ3n) is 2.32. The van der Waals surface area contributed by atoms with E-state index in [1.807, 2.05) is 44.2 Å². The molecule has 0 saturated carbocycles. The minimum atomic E-state index is -0.471. The zero-order valence-electron chi connectivity index (χ0n) is 9.83. The van der Waals surface area contributed by atoms with E-state index in [-0.39, 0.29) is 6.61 Å². The molecule has 6 nitrogen and oxygen atoms in total. The van der Waals surface area contributed by atoms with Crippen LogP contribution in [0.3, 0.4) is 0 Å². The number of hydrogen-bond donors (Lipinski definition) is 2. The van der Waals surface area contributed by atoms with Crippen LogP contribution in [0.1, 0.15) is 13.8 Å². The minimum absolute atomic E-state index is 0.00531. The van der Waals surface area contributed by atoms with Crippen LogP contribution in [0.25, 0.3) is 5.69 Å². The fraction of sp³-hybridized carbons (Fsp3) is 0.364. The molecular weight excluding hydrogens is 218 g/mol. The van der Waals surface area contributed by atoms with Gasteiger partial charge in [0.1, 0.15) is 0 Å². The molecule has 17 heavy (non-hydrogen) atoms. The topological polar surface area (TPSA) is 75.9 Å². The van der Waals surface area contributed by atoms with Gasteiger partial charge in [-0.15, -0.1) is 0 Å². The van der Waals surface area contributed by atoms with Crippen molar-refractivity contribution in [1.82, 2.24) is 20.2 Å². The summed E-state index contributed by atoms with van der Waals surface area (Å²) >= 11 is 0. The number of nitrogens with zero attached hydrogens (tertiary/aromatic N) is 4. The van der Waals surface area contributed by atoms with Gasteiger partial charge >= 0.3 is 0 Å². The third-order valence-corrected chi connectivity index (χ3v) is 2.32. The molecule has 90 valence electrons. The zero-order chi connectivity index (χ0) is 12.3. The molecule has 0 aliphatic carbocycles. The Morgan fingerprint density at radius 3 is 2.65 bits per heavy atom. The van der Waals surface area contributed by atoms with Crippen LogP contribution in [0, 0.1) is 0 Å². The van der Waals surface area contributed by atoms with E-state index < -0.39 is 5.54 Å². The van der Waals surface area contributed by atoms with Gasteiger partial charge in [0, 0.05) is 0 Å². The first-order chi connectivity index (χ1) is 8.12. The van der Waals surface area contributed by atoms with Crippen LogP contribution < -0.4 is 5.32 Å². The highest BCUT2D eigenvalue weighted by molar-refractivity contribution is 5.39. The third kappa shape index (κ3) is 2.59. The van der Waals surface area contributed by atoms with E-state index in [4.69, 9.17) is 0 Å². The number of anilines is 1. The fourth-order valence-electron chi connectivity index (χ4n) is 1.35. The molecule has 0 amide bonds. The van der Waals surface area contributed by atoms with Crippen molar-refractivity contribution in [3.8, 4) is 5.69 Å². The highest BCUT2D eigenvalue weighted by Gasteiger charge is 2.19. The summed E-state index contributed by atoms with van der Waals surface area (Å²) in [6, 6.07) is 9.58. The van der Waals surface area contributed by atoms with E-state index in [9.17, 15) is 5.11 Å². The summed E-state index contributed by atoms with van der Waals surface area (Å²) in [5.74, 6) is 0.509. The molecule has 6 heteroatoms. The van der Waals surface area contributed by atoms with E-state index in [1.165, 1.54) is 0 Å². The second-order valence-corrected chi connectivity index (χ2v) is 4.42. The number of benzene rings is 1. The molecule has 0 bridgehead atoms. The molecule has 1 aromatic heterocycles. The predicted octanol–water partition coefficient (Wildman–Crippen LogP) is 0.845. The average molecular weight is 233 g/mol. The Labute approximate surface area is 99.3 Å². The summed E-state index contributed by atoms with van der Waals surface area (Å²) in [6.45, 7) is 3.74. The maximum absolute atomic E-state index is 9.21. The summed E-state index contributed by atoms with van der Waals surface area (Å²) in [5, 5.41) is 23.8. The van der Waals surface area contributed by atoms with Crippen molar-refractivity contribution in [3.05, 3.63) is 30.3 Å². The van der Waals surface area contributed by atoms with Gasteiger partial charge < -0.3 is 10.4 Å². The maximum Gasteiger partial charge on any atom is 0.248 e. The average Bonchev–Trinajstić information content (AvgIpc) is 2.77. The number of nitrogens with one attached hydrogen (secondary N) is 1. The molecule has 2 aromatic rings. The molecule has 0 aliphatic rings. The van der Waals surface area contributed by atoms with Gasteiger partial charge in [0.25, 0.3) is 0 Å². The molecule has 0 radical (unpaired) electrons. The molecule has 1 heterocycles. The monoisotopic (exact) mass is 233 g/mol. The number of hydrogen-bond acceptors (Lipinski definition) is 5. The molecule has 0 atom stereocenters.